The maximum atomic E-state index is 11.7. The average molecular weight is 375 g/mol. The Bertz CT molecular complexity index is 702. The molecule has 0 spiro atoms. The van der Waals surface area contributed by atoms with Gasteiger partial charge < -0.3 is 5.11 Å². The van der Waals surface area contributed by atoms with E-state index in [-0.39, 0.29) is 11.8 Å². The van der Waals surface area contributed by atoms with E-state index in [0.717, 1.165) is 34.3 Å². The zero-order chi connectivity index (χ0) is 16.4. The summed E-state index contributed by atoms with van der Waals surface area (Å²) in [5, 5.41) is 9.58. The van der Waals surface area contributed by atoms with Gasteiger partial charge in [-0.05, 0) is 35.7 Å². The highest BCUT2D eigenvalue weighted by molar-refractivity contribution is 9.10. The number of aromatic nitrogens is 1. The number of hydrogen-bond acceptors (Lipinski definition) is 3. The lowest BCUT2D eigenvalue weighted by Gasteiger charge is -2.16. The molecule has 0 bridgehead atoms. The van der Waals surface area contributed by atoms with Crippen molar-refractivity contribution in [2.75, 3.05) is 13.1 Å². The van der Waals surface area contributed by atoms with Crippen molar-refractivity contribution in [3.63, 3.8) is 0 Å². The van der Waals surface area contributed by atoms with Crippen LogP contribution < -0.4 is 0 Å². The topological polar surface area (TPSA) is 53.4 Å². The summed E-state index contributed by atoms with van der Waals surface area (Å²) in [6.07, 6.45) is 3.69. The minimum Gasteiger partial charge on any atom is -0.481 e. The predicted octanol–water partition coefficient (Wildman–Crippen LogP) is 3.45. The van der Waals surface area contributed by atoms with Crippen molar-refractivity contribution in [1.82, 2.24) is 9.88 Å². The number of carboxylic acids is 1. The number of halogens is 1. The largest absolute Gasteiger partial charge is 0.481 e. The van der Waals surface area contributed by atoms with Gasteiger partial charge in [0.25, 0.3) is 0 Å². The van der Waals surface area contributed by atoms with Crippen LogP contribution in [0.3, 0.4) is 0 Å². The van der Waals surface area contributed by atoms with Gasteiger partial charge in [0.2, 0.25) is 0 Å². The van der Waals surface area contributed by atoms with E-state index >= 15 is 0 Å². The van der Waals surface area contributed by atoms with Crippen LogP contribution in [0.4, 0.5) is 0 Å². The molecule has 120 valence electrons. The van der Waals surface area contributed by atoms with Gasteiger partial charge in [-0.15, -0.1) is 0 Å². The number of carboxylic acid groups (broad SMARTS) is 1. The first-order valence-corrected chi connectivity index (χ1v) is 8.43. The highest BCUT2D eigenvalue weighted by atomic mass is 79.9. The molecule has 1 aliphatic rings. The van der Waals surface area contributed by atoms with Gasteiger partial charge in [0.15, 0.2) is 0 Å². The van der Waals surface area contributed by atoms with Crippen LogP contribution in [-0.2, 0) is 11.3 Å². The molecule has 1 aromatic carbocycles. The van der Waals surface area contributed by atoms with E-state index in [4.69, 9.17) is 0 Å². The minimum absolute atomic E-state index is 0.0263. The Morgan fingerprint density at radius 3 is 2.70 bits per heavy atom. The van der Waals surface area contributed by atoms with Gasteiger partial charge in [0, 0.05) is 42.4 Å². The third-order valence-electron chi connectivity index (χ3n) is 4.35. The van der Waals surface area contributed by atoms with Crippen molar-refractivity contribution >= 4 is 21.9 Å². The molecule has 0 aliphatic carbocycles. The lowest BCUT2D eigenvalue weighted by molar-refractivity contribution is -0.141. The maximum absolute atomic E-state index is 11.7. The van der Waals surface area contributed by atoms with Gasteiger partial charge in [0.05, 0.1) is 5.92 Å². The Morgan fingerprint density at radius 2 is 2.04 bits per heavy atom. The molecule has 0 unspecified atom stereocenters. The fourth-order valence-corrected chi connectivity index (χ4v) is 3.54. The fraction of sp³-hybridized carbons (Fsp3) is 0.333. The van der Waals surface area contributed by atoms with Crippen LogP contribution in [0.2, 0.25) is 0 Å². The molecule has 5 heteroatoms. The summed E-state index contributed by atoms with van der Waals surface area (Å²) in [6, 6.07) is 10.1. The second kappa shape index (κ2) is 6.81. The molecule has 3 rings (SSSR count). The summed E-state index contributed by atoms with van der Waals surface area (Å²) in [7, 11) is 0. The van der Waals surface area contributed by atoms with Crippen molar-refractivity contribution < 1.29 is 9.90 Å². The monoisotopic (exact) mass is 374 g/mol. The van der Waals surface area contributed by atoms with Crippen LogP contribution in [0, 0.1) is 12.8 Å². The van der Waals surface area contributed by atoms with Crippen molar-refractivity contribution in [2.45, 2.75) is 19.4 Å². The first-order valence-electron chi connectivity index (χ1n) is 7.64. The Morgan fingerprint density at radius 1 is 1.30 bits per heavy atom. The zero-order valence-electron chi connectivity index (χ0n) is 12.9. The van der Waals surface area contributed by atoms with Crippen LogP contribution in [-0.4, -0.2) is 34.0 Å². The van der Waals surface area contributed by atoms with Gasteiger partial charge in [-0.1, -0.05) is 34.1 Å². The molecule has 2 aromatic rings. The molecular weight excluding hydrogens is 356 g/mol. The highest BCUT2D eigenvalue weighted by Crippen LogP contribution is 2.34. The van der Waals surface area contributed by atoms with E-state index in [1.807, 2.05) is 43.6 Å². The Labute approximate surface area is 144 Å². The van der Waals surface area contributed by atoms with Crippen LogP contribution in [0.1, 0.15) is 22.6 Å². The standard InChI is InChI=1S/C18H19BrN2O2/c1-12-6-13(8-20-7-12)9-21-10-16(17(11-21)18(22)23)14-2-4-15(19)5-3-14/h2-8,16-17H,9-11H2,1H3,(H,22,23)/t16-,17+/m0/s1. The first-order chi connectivity index (χ1) is 11.0. The average Bonchev–Trinajstić information content (AvgIpc) is 2.92. The SMILES string of the molecule is Cc1cncc(CN2C[C@@H](C(=O)O)[C@H](c3ccc(Br)cc3)C2)c1. The summed E-state index contributed by atoms with van der Waals surface area (Å²) in [4.78, 5) is 18.1. The van der Waals surface area contributed by atoms with E-state index in [1.54, 1.807) is 0 Å². The number of likely N-dealkylation sites (tertiary alicyclic amines) is 1. The van der Waals surface area contributed by atoms with Crippen LogP contribution in [0.15, 0.2) is 47.2 Å². The Balaban J connectivity index is 1.78. The van der Waals surface area contributed by atoms with Gasteiger partial charge in [-0.3, -0.25) is 14.7 Å². The molecule has 2 heterocycles. The van der Waals surface area contributed by atoms with E-state index < -0.39 is 5.97 Å². The van der Waals surface area contributed by atoms with E-state index in [1.165, 1.54) is 0 Å². The van der Waals surface area contributed by atoms with E-state index in [9.17, 15) is 9.90 Å². The molecule has 0 amide bonds. The molecule has 0 saturated carbocycles. The number of rotatable bonds is 4. The molecule has 2 atom stereocenters. The first kappa shape index (κ1) is 16.1. The molecule has 1 N–H and O–H groups in total. The van der Waals surface area contributed by atoms with Crippen LogP contribution in [0.5, 0.6) is 0 Å². The molecule has 23 heavy (non-hydrogen) atoms. The predicted molar refractivity (Wildman–Crippen MR) is 92.3 cm³/mol. The minimum atomic E-state index is -0.720. The molecule has 1 aliphatic heterocycles. The quantitative estimate of drug-likeness (QED) is 0.890. The lowest BCUT2D eigenvalue weighted by atomic mass is 9.89. The second-order valence-corrected chi connectivity index (χ2v) is 7.08. The van der Waals surface area contributed by atoms with Crippen molar-refractivity contribution in [3.05, 3.63) is 63.9 Å². The van der Waals surface area contributed by atoms with Gasteiger partial charge in [-0.25, -0.2) is 0 Å². The Hall–Kier alpha value is -1.72. The number of carbonyl (C=O) groups is 1. The van der Waals surface area contributed by atoms with E-state index in [2.05, 4.69) is 31.9 Å². The van der Waals surface area contributed by atoms with Gasteiger partial charge in [0.1, 0.15) is 0 Å². The van der Waals surface area contributed by atoms with Crippen LogP contribution >= 0.6 is 15.9 Å². The summed E-state index contributed by atoms with van der Waals surface area (Å²) in [6.45, 7) is 4.09. The lowest BCUT2D eigenvalue weighted by Crippen LogP contribution is -2.23. The number of benzene rings is 1. The van der Waals surface area contributed by atoms with E-state index in [0.29, 0.717) is 6.54 Å². The molecule has 1 aromatic heterocycles. The molecule has 1 fully saturated rings. The van der Waals surface area contributed by atoms with Gasteiger partial charge >= 0.3 is 5.97 Å². The normalized spacial score (nSPS) is 21.5. The molecular formula is C18H19BrN2O2. The fourth-order valence-electron chi connectivity index (χ4n) is 3.27. The highest BCUT2D eigenvalue weighted by Gasteiger charge is 2.38. The van der Waals surface area contributed by atoms with Crippen molar-refractivity contribution in [2.24, 2.45) is 5.92 Å². The van der Waals surface area contributed by atoms with Gasteiger partial charge in [-0.2, -0.15) is 0 Å². The third-order valence-corrected chi connectivity index (χ3v) is 4.88. The summed E-state index contributed by atoms with van der Waals surface area (Å²) < 4.78 is 1.01. The van der Waals surface area contributed by atoms with Crippen molar-refractivity contribution in [3.8, 4) is 0 Å². The molecule has 0 radical (unpaired) electrons. The zero-order valence-corrected chi connectivity index (χ0v) is 14.5. The number of nitrogens with zero attached hydrogens (tertiary/aromatic N) is 2. The summed E-state index contributed by atoms with van der Waals surface area (Å²) in [5.41, 5.74) is 3.34. The Kier molecular flexibility index (Phi) is 4.78. The number of pyridine rings is 1. The summed E-state index contributed by atoms with van der Waals surface area (Å²) >= 11 is 3.43. The molecule has 1 saturated heterocycles. The molecule has 4 nitrogen and oxygen atoms in total. The second-order valence-electron chi connectivity index (χ2n) is 6.17. The number of hydrogen-bond donors (Lipinski definition) is 1. The third kappa shape index (κ3) is 3.79. The van der Waals surface area contributed by atoms with Crippen molar-refractivity contribution in [1.29, 1.82) is 0 Å². The van der Waals surface area contributed by atoms with Crippen LogP contribution in [0.25, 0.3) is 0 Å². The smallest absolute Gasteiger partial charge is 0.308 e. The number of aliphatic carboxylic acids is 1. The summed E-state index contributed by atoms with van der Waals surface area (Å²) in [5.74, 6) is -1.06. The maximum Gasteiger partial charge on any atom is 0.308 e. The number of aryl methyl sites for hydroxylation is 1.